The van der Waals surface area contributed by atoms with E-state index in [9.17, 15) is 9.90 Å². The van der Waals surface area contributed by atoms with Crippen molar-refractivity contribution in [2.75, 3.05) is 13.2 Å². The van der Waals surface area contributed by atoms with Gasteiger partial charge in [-0.05, 0) is 61.6 Å². The van der Waals surface area contributed by atoms with Crippen LogP contribution in [0.5, 0.6) is 5.75 Å². The van der Waals surface area contributed by atoms with Gasteiger partial charge in [-0.15, -0.1) is 0 Å². The van der Waals surface area contributed by atoms with E-state index in [4.69, 9.17) is 14.2 Å². The Bertz CT molecular complexity index is 1930. The molecule has 0 aliphatic carbocycles. The smallest absolute Gasteiger partial charge is 0.407 e. The van der Waals surface area contributed by atoms with Gasteiger partial charge in [0.25, 0.3) is 0 Å². The fourth-order valence-corrected chi connectivity index (χ4v) is 5.96. The molecule has 0 fully saturated rings. The highest BCUT2D eigenvalue weighted by Crippen LogP contribution is 2.40. The fraction of sp³-hybridized carbons (Fsp3) is 0.244. The Morgan fingerprint density at radius 1 is 0.840 bits per heavy atom. The quantitative estimate of drug-likeness (QED) is 0.130. The predicted octanol–water partition coefficient (Wildman–Crippen LogP) is 7.48. The summed E-state index contributed by atoms with van der Waals surface area (Å²) in [5.41, 5.74) is 5.71. The Morgan fingerprint density at radius 3 is 2.00 bits per heavy atom. The second kappa shape index (κ2) is 14.9. The molecule has 0 radical (unpaired) electrons. The number of hydrogen-bond donors (Lipinski definition) is 2. The number of aliphatic hydroxyl groups excluding tert-OH is 1. The number of nitrogens with one attached hydrogen (secondary N) is 1. The molecule has 256 valence electrons. The lowest BCUT2D eigenvalue weighted by molar-refractivity contribution is -0.0493. The molecule has 9 heteroatoms. The number of aryl methyl sites for hydroxylation is 1. The molecule has 1 atom stereocenters. The number of ether oxygens (including phenoxy) is 3. The Balaban J connectivity index is 1.16. The largest absolute Gasteiger partial charge is 0.489 e. The molecular formula is C41H42N4O5. The van der Waals surface area contributed by atoms with Crippen molar-refractivity contribution in [2.24, 2.45) is 0 Å². The molecule has 6 rings (SSSR count). The number of aliphatic hydroxyl groups is 1. The van der Waals surface area contributed by atoms with E-state index < -0.39 is 23.4 Å². The van der Waals surface area contributed by atoms with Crippen LogP contribution in [0.4, 0.5) is 4.79 Å². The zero-order valence-electron chi connectivity index (χ0n) is 28.7. The van der Waals surface area contributed by atoms with E-state index in [1.54, 1.807) is 10.7 Å². The second-order valence-corrected chi connectivity index (χ2v) is 13.2. The minimum Gasteiger partial charge on any atom is -0.489 e. The van der Waals surface area contributed by atoms with Gasteiger partial charge in [0, 0.05) is 18.2 Å². The van der Waals surface area contributed by atoms with Gasteiger partial charge < -0.3 is 24.6 Å². The van der Waals surface area contributed by atoms with E-state index in [-0.39, 0.29) is 13.2 Å². The average Bonchev–Trinajstić information content (AvgIpc) is 3.55. The Kier molecular flexibility index (Phi) is 10.3. The average molecular weight is 671 g/mol. The second-order valence-electron chi connectivity index (χ2n) is 13.2. The predicted molar refractivity (Wildman–Crippen MR) is 193 cm³/mol. The minimum atomic E-state index is -0.945. The summed E-state index contributed by atoms with van der Waals surface area (Å²) in [4.78, 5) is 16.7. The number of carbonyl (C=O) groups is 1. The first-order valence-corrected chi connectivity index (χ1v) is 16.6. The first kappa shape index (κ1) is 34.4. The summed E-state index contributed by atoms with van der Waals surface area (Å²) in [5, 5.41) is 18.4. The van der Waals surface area contributed by atoms with E-state index in [0.717, 1.165) is 44.6 Å². The van der Waals surface area contributed by atoms with Crippen LogP contribution in [0.1, 0.15) is 48.6 Å². The maximum absolute atomic E-state index is 12.1. The van der Waals surface area contributed by atoms with Crippen LogP contribution in [0.15, 0.2) is 128 Å². The molecule has 1 amide bonds. The molecular weight excluding hydrogens is 628 g/mol. The molecule has 2 aromatic heterocycles. The van der Waals surface area contributed by atoms with Gasteiger partial charge in [-0.3, -0.25) is 0 Å². The van der Waals surface area contributed by atoms with E-state index in [2.05, 4.69) is 15.4 Å². The molecule has 0 bridgehead atoms. The third-order valence-electron chi connectivity index (χ3n) is 8.29. The molecule has 0 saturated heterocycles. The number of aromatic nitrogens is 3. The van der Waals surface area contributed by atoms with Crippen molar-refractivity contribution in [3.8, 4) is 17.0 Å². The lowest BCUT2D eigenvalue weighted by Gasteiger charge is -2.36. The number of hydrogen-bond acceptors (Lipinski definition) is 7. The Labute approximate surface area is 292 Å². The maximum atomic E-state index is 12.1. The van der Waals surface area contributed by atoms with Crippen molar-refractivity contribution in [1.29, 1.82) is 0 Å². The topological polar surface area (TPSA) is 107 Å². The third-order valence-corrected chi connectivity index (χ3v) is 8.29. The van der Waals surface area contributed by atoms with Crippen molar-refractivity contribution in [3.05, 3.63) is 156 Å². The van der Waals surface area contributed by atoms with Gasteiger partial charge in [0.05, 0.1) is 24.0 Å². The summed E-state index contributed by atoms with van der Waals surface area (Å²) in [6.07, 6.45) is 1.88. The van der Waals surface area contributed by atoms with Crippen molar-refractivity contribution in [1.82, 2.24) is 19.9 Å². The van der Waals surface area contributed by atoms with E-state index in [1.807, 2.05) is 143 Å². The van der Waals surface area contributed by atoms with Crippen LogP contribution >= 0.6 is 0 Å². The van der Waals surface area contributed by atoms with Gasteiger partial charge in [0.2, 0.25) is 0 Å². The summed E-state index contributed by atoms with van der Waals surface area (Å²) < 4.78 is 19.9. The lowest BCUT2D eigenvalue weighted by Crippen LogP contribution is -2.37. The molecule has 0 aliphatic rings. The maximum Gasteiger partial charge on any atom is 0.407 e. The molecule has 2 heterocycles. The summed E-state index contributed by atoms with van der Waals surface area (Å²) in [6.45, 7) is 7.86. The van der Waals surface area contributed by atoms with Crippen LogP contribution in [-0.4, -0.2) is 50.7 Å². The fourth-order valence-electron chi connectivity index (χ4n) is 5.96. The summed E-state index contributed by atoms with van der Waals surface area (Å²) in [7, 11) is 0. The monoisotopic (exact) mass is 670 g/mol. The van der Waals surface area contributed by atoms with Gasteiger partial charge in [0.1, 0.15) is 36.0 Å². The zero-order chi connectivity index (χ0) is 35.1. The van der Waals surface area contributed by atoms with Gasteiger partial charge in [-0.25, -0.2) is 14.3 Å². The van der Waals surface area contributed by atoms with Crippen molar-refractivity contribution >= 4 is 11.6 Å². The normalized spacial score (nSPS) is 12.4. The van der Waals surface area contributed by atoms with Gasteiger partial charge >= 0.3 is 6.09 Å². The number of alkyl carbamates (subject to hydrolysis) is 1. The summed E-state index contributed by atoms with van der Waals surface area (Å²) in [5.74, 6) is 0.543. The number of carbonyl (C=O) groups excluding carboxylic acids is 1. The first-order chi connectivity index (χ1) is 24.1. The highest BCUT2D eigenvalue weighted by atomic mass is 16.6. The van der Waals surface area contributed by atoms with Crippen molar-refractivity contribution in [2.45, 2.75) is 51.5 Å². The van der Waals surface area contributed by atoms with Crippen molar-refractivity contribution < 1.29 is 24.1 Å². The number of rotatable bonds is 12. The van der Waals surface area contributed by atoms with Crippen molar-refractivity contribution in [3.63, 3.8) is 0 Å². The number of fused-ring (bicyclic) bond motifs is 1. The SMILES string of the molecule is Cc1cc(-c2ncnn3cc(OC[C@@H](O)COC(c4ccccc4)(c4ccccc4)c4ccccc4)cc23)ccc1CNC(=O)OC(C)(C)C. The summed E-state index contributed by atoms with van der Waals surface area (Å²) in [6, 6.07) is 38.0. The highest BCUT2D eigenvalue weighted by Gasteiger charge is 2.38. The van der Waals surface area contributed by atoms with Crippen LogP contribution in [-0.2, 0) is 21.6 Å². The first-order valence-electron chi connectivity index (χ1n) is 16.6. The zero-order valence-corrected chi connectivity index (χ0v) is 28.7. The standard InChI is InChI=1S/C41H42N4O5/c1-29-22-30(20-21-31(29)24-42-39(47)50-40(2,3)4)38-37-23-36(25-45(37)44-28-43-38)48-26-35(46)27-49-41(32-14-8-5-9-15-32,33-16-10-6-11-17-33)34-18-12-7-13-19-34/h5-23,25,28,35,46H,24,26-27H2,1-4H3,(H,42,47)/t35-/m1/s1. The van der Waals surface area contributed by atoms with E-state index >= 15 is 0 Å². The lowest BCUT2D eigenvalue weighted by atomic mass is 9.80. The Morgan fingerprint density at radius 2 is 1.44 bits per heavy atom. The number of benzene rings is 4. The molecule has 2 N–H and O–H groups in total. The van der Waals surface area contributed by atoms with Gasteiger partial charge in [-0.1, -0.05) is 103 Å². The highest BCUT2D eigenvalue weighted by molar-refractivity contribution is 5.78. The molecule has 0 saturated carbocycles. The third kappa shape index (κ3) is 7.86. The van der Waals surface area contributed by atoms with Crippen LogP contribution in [0, 0.1) is 6.92 Å². The number of nitrogens with zero attached hydrogens (tertiary/aromatic N) is 3. The summed E-state index contributed by atoms with van der Waals surface area (Å²) >= 11 is 0. The van der Waals surface area contributed by atoms with Crippen LogP contribution < -0.4 is 10.1 Å². The molecule has 0 unspecified atom stereocenters. The molecule has 0 spiro atoms. The molecule has 0 aliphatic heterocycles. The molecule has 9 nitrogen and oxygen atoms in total. The van der Waals surface area contributed by atoms with E-state index in [1.165, 1.54) is 6.33 Å². The van der Waals surface area contributed by atoms with Gasteiger partial charge in [0.15, 0.2) is 0 Å². The van der Waals surface area contributed by atoms with Crippen LogP contribution in [0.25, 0.3) is 16.8 Å². The number of amides is 1. The molecule has 50 heavy (non-hydrogen) atoms. The van der Waals surface area contributed by atoms with Crippen LogP contribution in [0.2, 0.25) is 0 Å². The van der Waals surface area contributed by atoms with Gasteiger partial charge in [-0.2, -0.15) is 5.10 Å². The van der Waals surface area contributed by atoms with E-state index in [0.29, 0.717) is 12.3 Å². The minimum absolute atomic E-state index is 0.00649. The molecule has 6 aromatic rings. The Hall–Kier alpha value is -5.51. The van der Waals surface area contributed by atoms with Crippen LogP contribution in [0.3, 0.4) is 0 Å². The molecule has 4 aromatic carbocycles.